The number of nitrogens with one attached hydrogen (secondary N) is 2. The Morgan fingerprint density at radius 3 is 2.39 bits per heavy atom. The van der Waals surface area contributed by atoms with Crippen molar-refractivity contribution >= 4 is 32.0 Å². The highest BCUT2D eigenvalue weighted by atomic mass is 32.2. The van der Waals surface area contributed by atoms with Gasteiger partial charge in [-0.2, -0.15) is 4.98 Å². The molecule has 0 aliphatic carbocycles. The van der Waals surface area contributed by atoms with Crippen molar-refractivity contribution in [3.8, 4) is 0 Å². The molecule has 0 aliphatic rings. The highest BCUT2D eigenvalue weighted by Gasteiger charge is 2.31. The number of sulfone groups is 1. The Balaban J connectivity index is 1.82. The van der Waals surface area contributed by atoms with Crippen LogP contribution >= 0.6 is 0 Å². The van der Waals surface area contributed by atoms with E-state index in [1.54, 1.807) is 36.4 Å². The monoisotopic (exact) mass is 436 g/mol. The fraction of sp³-hybridized carbons (Fsp3) is 0.100. The van der Waals surface area contributed by atoms with E-state index in [-0.39, 0.29) is 28.0 Å². The molecular weight excluding hydrogens is 420 g/mol. The SMILES string of the molecule is Cn1c(=O)[nH]c(=O)c2c1nc(S(=O)(=O)c1nc3ccccc3[nH]1)n2Cc1ccccc1. The number of benzene rings is 2. The van der Waals surface area contributed by atoms with Crippen molar-refractivity contribution in [1.29, 1.82) is 0 Å². The van der Waals surface area contributed by atoms with Crippen molar-refractivity contribution in [1.82, 2.24) is 29.1 Å². The van der Waals surface area contributed by atoms with E-state index in [9.17, 15) is 18.0 Å². The van der Waals surface area contributed by atoms with E-state index in [2.05, 4.69) is 19.9 Å². The number of rotatable bonds is 4. The normalized spacial score (nSPS) is 12.0. The molecule has 0 fully saturated rings. The molecule has 0 radical (unpaired) electrons. The van der Waals surface area contributed by atoms with Crippen LogP contribution in [0.3, 0.4) is 0 Å². The number of nitrogens with zero attached hydrogens (tertiary/aromatic N) is 4. The second-order valence-corrected chi connectivity index (χ2v) is 8.78. The lowest BCUT2D eigenvalue weighted by atomic mass is 10.2. The molecule has 31 heavy (non-hydrogen) atoms. The van der Waals surface area contributed by atoms with Gasteiger partial charge in [0.1, 0.15) is 0 Å². The highest BCUT2D eigenvalue weighted by molar-refractivity contribution is 7.91. The molecule has 11 heteroatoms. The molecule has 0 spiro atoms. The molecule has 0 aliphatic heterocycles. The Bertz CT molecular complexity index is 1640. The van der Waals surface area contributed by atoms with E-state index in [0.29, 0.717) is 11.0 Å². The van der Waals surface area contributed by atoms with Crippen molar-refractivity contribution < 1.29 is 8.42 Å². The third-order valence-electron chi connectivity index (χ3n) is 5.02. The summed E-state index contributed by atoms with van der Waals surface area (Å²) in [5.74, 6) is 0. The minimum Gasteiger partial charge on any atom is -0.328 e. The summed E-state index contributed by atoms with van der Waals surface area (Å²) in [6.45, 7) is 0.0629. The van der Waals surface area contributed by atoms with Crippen LogP contribution < -0.4 is 11.2 Å². The first-order valence-electron chi connectivity index (χ1n) is 9.29. The number of H-pyrrole nitrogens is 2. The molecule has 0 atom stereocenters. The van der Waals surface area contributed by atoms with Crippen molar-refractivity contribution in [3.63, 3.8) is 0 Å². The summed E-state index contributed by atoms with van der Waals surface area (Å²) in [5, 5.41) is -0.670. The third kappa shape index (κ3) is 2.97. The van der Waals surface area contributed by atoms with Gasteiger partial charge in [0.15, 0.2) is 11.2 Å². The van der Waals surface area contributed by atoms with Crippen LogP contribution in [0.15, 0.2) is 74.5 Å². The molecule has 2 aromatic carbocycles. The average molecular weight is 436 g/mol. The highest BCUT2D eigenvalue weighted by Crippen LogP contribution is 2.24. The maximum Gasteiger partial charge on any atom is 0.329 e. The zero-order valence-corrected chi connectivity index (χ0v) is 17.0. The second-order valence-electron chi connectivity index (χ2n) is 7.02. The number of hydrogen-bond donors (Lipinski definition) is 2. The first kappa shape index (κ1) is 19.0. The fourth-order valence-electron chi connectivity index (χ4n) is 3.48. The van der Waals surface area contributed by atoms with E-state index in [0.717, 1.165) is 10.1 Å². The second kappa shape index (κ2) is 6.77. The summed E-state index contributed by atoms with van der Waals surface area (Å²) in [6, 6.07) is 16.0. The molecule has 0 amide bonds. The quantitative estimate of drug-likeness (QED) is 0.434. The van der Waals surface area contributed by atoms with Gasteiger partial charge in [0.2, 0.25) is 10.3 Å². The first-order chi connectivity index (χ1) is 14.9. The van der Waals surface area contributed by atoms with Gasteiger partial charge in [-0.3, -0.25) is 14.3 Å². The molecule has 0 unspecified atom stereocenters. The smallest absolute Gasteiger partial charge is 0.328 e. The van der Waals surface area contributed by atoms with E-state index >= 15 is 0 Å². The van der Waals surface area contributed by atoms with E-state index < -0.39 is 21.1 Å². The van der Waals surface area contributed by atoms with Crippen LogP contribution in [0.1, 0.15) is 5.56 Å². The Kier molecular flexibility index (Phi) is 4.15. The van der Waals surface area contributed by atoms with Crippen LogP contribution in [-0.4, -0.2) is 37.5 Å². The molecule has 5 aromatic rings. The van der Waals surface area contributed by atoms with Crippen LogP contribution in [-0.2, 0) is 23.4 Å². The van der Waals surface area contributed by atoms with E-state index in [4.69, 9.17) is 0 Å². The Labute approximate surface area is 174 Å². The molecule has 2 N–H and O–H groups in total. The number of imidazole rings is 2. The molecule has 156 valence electrons. The van der Waals surface area contributed by atoms with Gasteiger partial charge in [0.05, 0.1) is 17.6 Å². The molecule has 10 nitrogen and oxygen atoms in total. The van der Waals surface area contributed by atoms with Crippen LogP contribution in [0.25, 0.3) is 22.2 Å². The zero-order valence-electron chi connectivity index (χ0n) is 16.2. The summed E-state index contributed by atoms with van der Waals surface area (Å²) in [7, 11) is -2.83. The summed E-state index contributed by atoms with van der Waals surface area (Å²) in [5.41, 5.74) is 0.354. The van der Waals surface area contributed by atoms with E-state index in [1.165, 1.54) is 11.6 Å². The van der Waals surface area contributed by atoms with Crippen molar-refractivity contribution in [2.45, 2.75) is 16.9 Å². The van der Waals surface area contributed by atoms with Gasteiger partial charge >= 0.3 is 5.69 Å². The van der Waals surface area contributed by atoms with Gasteiger partial charge in [-0.1, -0.05) is 42.5 Å². The fourth-order valence-corrected chi connectivity index (χ4v) is 4.76. The Morgan fingerprint density at radius 1 is 0.935 bits per heavy atom. The van der Waals surface area contributed by atoms with Crippen molar-refractivity contribution in [2.24, 2.45) is 7.05 Å². The lowest BCUT2D eigenvalue weighted by molar-refractivity contribution is 0.568. The van der Waals surface area contributed by atoms with Gasteiger partial charge in [-0.15, -0.1) is 0 Å². The molecule has 3 heterocycles. The first-order valence-corrected chi connectivity index (χ1v) is 10.8. The number of fused-ring (bicyclic) bond motifs is 2. The number of aryl methyl sites for hydroxylation is 1. The van der Waals surface area contributed by atoms with Gasteiger partial charge in [-0.05, 0) is 17.7 Å². The maximum absolute atomic E-state index is 13.5. The predicted molar refractivity (Wildman–Crippen MR) is 113 cm³/mol. The number of aromatic amines is 2. The Hall–Kier alpha value is -3.99. The minimum atomic E-state index is -4.24. The zero-order chi connectivity index (χ0) is 21.8. The Morgan fingerprint density at radius 2 is 1.65 bits per heavy atom. The molecule has 5 rings (SSSR count). The number of para-hydroxylation sites is 2. The van der Waals surface area contributed by atoms with Gasteiger partial charge in [-0.25, -0.2) is 18.2 Å². The van der Waals surface area contributed by atoms with Gasteiger partial charge in [0, 0.05) is 7.05 Å². The maximum atomic E-state index is 13.5. The van der Waals surface area contributed by atoms with Crippen LogP contribution in [0, 0.1) is 0 Å². The molecular formula is C20H16N6O4S. The summed E-state index contributed by atoms with van der Waals surface area (Å²) in [4.78, 5) is 38.1. The van der Waals surface area contributed by atoms with Gasteiger partial charge in [0.25, 0.3) is 15.4 Å². The van der Waals surface area contributed by atoms with Crippen LogP contribution in [0.2, 0.25) is 0 Å². The van der Waals surface area contributed by atoms with Crippen LogP contribution in [0.4, 0.5) is 0 Å². The standard InChI is InChI=1S/C20H16N6O4S/c1-25-16-15(17(27)24-19(25)28)26(11-12-7-3-2-4-8-12)20(23-16)31(29,30)18-21-13-9-5-6-10-14(13)22-18/h2-10H,11H2,1H3,(H,21,22)(H,24,27,28). The predicted octanol–water partition coefficient (Wildman–Crippen LogP) is 1.18. The van der Waals surface area contributed by atoms with Gasteiger partial charge < -0.3 is 9.55 Å². The minimum absolute atomic E-state index is 0.0133. The average Bonchev–Trinajstić information content (AvgIpc) is 3.36. The summed E-state index contributed by atoms with van der Waals surface area (Å²) in [6.07, 6.45) is 0. The van der Waals surface area contributed by atoms with E-state index in [1.807, 2.05) is 18.2 Å². The summed E-state index contributed by atoms with van der Waals surface area (Å²) >= 11 is 0. The lowest BCUT2D eigenvalue weighted by Crippen LogP contribution is -2.29. The molecule has 0 bridgehead atoms. The topological polar surface area (TPSA) is 136 Å². The summed E-state index contributed by atoms with van der Waals surface area (Å²) < 4.78 is 29.4. The molecule has 3 aromatic heterocycles. The van der Waals surface area contributed by atoms with Crippen molar-refractivity contribution in [2.75, 3.05) is 0 Å². The largest absolute Gasteiger partial charge is 0.329 e. The lowest BCUT2D eigenvalue weighted by Gasteiger charge is -2.08. The number of hydrogen-bond acceptors (Lipinski definition) is 6. The number of aromatic nitrogens is 6. The van der Waals surface area contributed by atoms with Crippen molar-refractivity contribution in [3.05, 3.63) is 81.0 Å². The molecule has 0 saturated carbocycles. The third-order valence-corrected chi connectivity index (χ3v) is 6.51. The van der Waals surface area contributed by atoms with Crippen LogP contribution in [0.5, 0.6) is 0 Å². The molecule has 0 saturated heterocycles.